The van der Waals surface area contributed by atoms with Gasteiger partial charge in [-0.15, -0.1) is 0 Å². The van der Waals surface area contributed by atoms with Crippen LogP contribution in [-0.4, -0.2) is 50.4 Å². The van der Waals surface area contributed by atoms with Crippen molar-refractivity contribution >= 4 is 21.7 Å². The summed E-state index contributed by atoms with van der Waals surface area (Å²) in [5.41, 5.74) is -0.0269. The molecule has 1 aliphatic rings. The molecule has 0 aliphatic carbocycles. The van der Waals surface area contributed by atoms with Crippen molar-refractivity contribution in [3.05, 3.63) is 29.3 Å². The number of benzene rings is 1. The number of hydrogen-bond acceptors (Lipinski definition) is 5. The molecule has 7 nitrogen and oxygen atoms in total. The number of nitrogens with one attached hydrogen (secondary N) is 1. The zero-order valence-corrected chi connectivity index (χ0v) is 14.5. The summed E-state index contributed by atoms with van der Waals surface area (Å²) in [6.07, 6.45) is 1.67. The van der Waals surface area contributed by atoms with Crippen LogP contribution in [0.1, 0.15) is 35.2 Å². The van der Waals surface area contributed by atoms with Crippen molar-refractivity contribution in [3.63, 3.8) is 0 Å². The molecule has 1 heterocycles. The van der Waals surface area contributed by atoms with Crippen molar-refractivity contribution in [2.75, 3.05) is 19.5 Å². The molecule has 1 amide bonds. The highest BCUT2D eigenvalue weighted by Gasteiger charge is 2.37. The molecule has 0 aromatic heterocycles. The van der Waals surface area contributed by atoms with Gasteiger partial charge in [0.15, 0.2) is 9.84 Å². The summed E-state index contributed by atoms with van der Waals surface area (Å²) in [5, 5.41) is 12.0. The molecule has 0 radical (unpaired) electrons. The Morgan fingerprint density at radius 2 is 1.92 bits per heavy atom. The van der Waals surface area contributed by atoms with E-state index in [1.165, 1.54) is 12.1 Å². The van der Waals surface area contributed by atoms with Crippen LogP contribution in [0.15, 0.2) is 23.1 Å². The highest BCUT2D eigenvalue weighted by atomic mass is 32.2. The van der Waals surface area contributed by atoms with Crippen LogP contribution >= 0.6 is 0 Å². The number of sulfone groups is 1. The van der Waals surface area contributed by atoms with Crippen molar-refractivity contribution in [1.82, 2.24) is 5.32 Å². The van der Waals surface area contributed by atoms with Gasteiger partial charge in [-0.05, 0) is 37.5 Å². The van der Waals surface area contributed by atoms with Gasteiger partial charge in [0.2, 0.25) is 0 Å². The Kier molecular flexibility index (Phi) is 5.29. The minimum Gasteiger partial charge on any atom is -0.481 e. The molecule has 0 spiro atoms. The predicted octanol–water partition coefficient (Wildman–Crippen LogP) is 1.15. The molecule has 2 N–H and O–H groups in total. The quantitative estimate of drug-likeness (QED) is 0.820. The molecule has 0 atom stereocenters. The SMILES string of the molecule is Cc1ccc(S(C)(=O)=O)cc1C(=O)NC1(CC(=O)O)CCOCC1. The molecule has 24 heavy (non-hydrogen) atoms. The molecular formula is C16H21NO6S. The van der Waals surface area contributed by atoms with E-state index in [-0.39, 0.29) is 16.9 Å². The third kappa shape index (κ3) is 4.33. The molecule has 1 fully saturated rings. The van der Waals surface area contributed by atoms with Gasteiger partial charge < -0.3 is 15.2 Å². The second-order valence-electron chi connectivity index (χ2n) is 6.17. The number of carboxylic acids is 1. The Balaban J connectivity index is 2.32. The standard InChI is InChI=1S/C16H21NO6S/c1-11-3-4-12(24(2,21)22)9-13(11)15(20)17-16(10-14(18)19)5-7-23-8-6-16/h3-4,9H,5-8,10H2,1-2H3,(H,17,20)(H,18,19). The van der Waals surface area contributed by atoms with Crippen LogP contribution in [0, 0.1) is 6.92 Å². The van der Waals surface area contributed by atoms with E-state index < -0.39 is 27.3 Å². The van der Waals surface area contributed by atoms with E-state index in [0.717, 1.165) is 6.26 Å². The van der Waals surface area contributed by atoms with Crippen LogP contribution in [0.25, 0.3) is 0 Å². The monoisotopic (exact) mass is 355 g/mol. The Labute approximate surface area is 140 Å². The van der Waals surface area contributed by atoms with Crippen molar-refractivity contribution < 1.29 is 27.9 Å². The Hall–Kier alpha value is -1.93. The summed E-state index contributed by atoms with van der Waals surface area (Å²) < 4.78 is 28.6. The Bertz CT molecular complexity index is 750. The molecular weight excluding hydrogens is 334 g/mol. The fourth-order valence-electron chi connectivity index (χ4n) is 2.78. The first-order chi connectivity index (χ1) is 11.1. The lowest BCUT2D eigenvalue weighted by molar-refractivity contribution is -0.139. The summed E-state index contributed by atoms with van der Waals surface area (Å²) in [6.45, 7) is 2.45. The minimum absolute atomic E-state index is 0.0533. The van der Waals surface area contributed by atoms with E-state index in [9.17, 15) is 18.0 Å². The smallest absolute Gasteiger partial charge is 0.305 e. The average Bonchev–Trinajstić information content (AvgIpc) is 2.46. The van der Waals surface area contributed by atoms with Gasteiger partial charge in [0.05, 0.1) is 16.9 Å². The van der Waals surface area contributed by atoms with E-state index >= 15 is 0 Å². The van der Waals surface area contributed by atoms with Gasteiger partial charge in [-0.1, -0.05) is 6.07 Å². The van der Waals surface area contributed by atoms with Gasteiger partial charge in [-0.25, -0.2) is 8.42 Å². The van der Waals surface area contributed by atoms with Crippen LogP contribution in [-0.2, 0) is 19.4 Å². The van der Waals surface area contributed by atoms with Gasteiger partial charge in [-0.2, -0.15) is 0 Å². The molecule has 1 saturated heterocycles. The first kappa shape index (κ1) is 18.4. The molecule has 2 rings (SSSR count). The van der Waals surface area contributed by atoms with Gasteiger partial charge in [0.25, 0.3) is 5.91 Å². The van der Waals surface area contributed by atoms with Crippen LogP contribution in [0.3, 0.4) is 0 Å². The minimum atomic E-state index is -3.44. The molecule has 1 aliphatic heterocycles. The van der Waals surface area contributed by atoms with E-state index in [2.05, 4.69) is 5.32 Å². The number of hydrogen-bond donors (Lipinski definition) is 2. The maximum absolute atomic E-state index is 12.7. The normalized spacial score (nSPS) is 17.2. The molecule has 0 saturated carbocycles. The maximum Gasteiger partial charge on any atom is 0.305 e. The van der Waals surface area contributed by atoms with E-state index in [0.29, 0.717) is 31.6 Å². The summed E-state index contributed by atoms with van der Waals surface area (Å²) in [7, 11) is -3.44. The van der Waals surface area contributed by atoms with Crippen LogP contribution in [0.5, 0.6) is 0 Å². The molecule has 0 unspecified atom stereocenters. The van der Waals surface area contributed by atoms with Gasteiger partial charge in [0, 0.05) is 25.0 Å². The van der Waals surface area contributed by atoms with Crippen LogP contribution in [0.2, 0.25) is 0 Å². The van der Waals surface area contributed by atoms with Crippen LogP contribution < -0.4 is 5.32 Å². The predicted molar refractivity (Wildman–Crippen MR) is 86.8 cm³/mol. The number of carbonyl (C=O) groups is 2. The fourth-order valence-corrected chi connectivity index (χ4v) is 3.43. The van der Waals surface area contributed by atoms with Gasteiger partial charge in [0.1, 0.15) is 0 Å². The number of carbonyl (C=O) groups excluding carboxylic acids is 1. The number of ether oxygens (including phenoxy) is 1. The summed E-state index contributed by atoms with van der Waals surface area (Å²) in [5.74, 6) is -1.47. The van der Waals surface area contributed by atoms with Crippen LogP contribution in [0.4, 0.5) is 0 Å². The zero-order chi connectivity index (χ0) is 18.0. The zero-order valence-electron chi connectivity index (χ0n) is 13.7. The Morgan fingerprint density at radius 1 is 1.29 bits per heavy atom. The topological polar surface area (TPSA) is 110 Å². The Morgan fingerprint density at radius 3 is 2.46 bits per heavy atom. The lowest BCUT2D eigenvalue weighted by atomic mass is 9.86. The second-order valence-corrected chi connectivity index (χ2v) is 8.18. The van der Waals surface area contributed by atoms with Crippen molar-refractivity contribution in [3.8, 4) is 0 Å². The third-order valence-corrected chi connectivity index (χ3v) is 5.31. The summed E-state index contributed by atoms with van der Waals surface area (Å²) >= 11 is 0. The first-order valence-corrected chi connectivity index (χ1v) is 9.45. The average molecular weight is 355 g/mol. The summed E-state index contributed by atoms with van der Waals surface area (Å²) in [6, 6.07) is 4.34. The number of rotatable bonds is 5. The molecule has 0 bridgehead atoms. The molecule has 1 aromatic rings. The second kappa shape index (κ2) is 6.90. The molecule has 1 aromatic carbocycles. The summed E-state index contributed by atoms with van der Waals surface area (Å²) in [4.78, 5) is 23.9. The van der Waals surface area contributed by atoms with Gasteiger partial charge in [-0.3, -0.25) is 9.59 Å². The lowest BCUT2D eigenvalue weighted by Crippen LogP contribution is -2.53. The van der Waals surface area contributed by atoms with Gasteiger partial charge >= 0.3 is 5.97 Å². The lowest BCUT2D eigenvalue weighted by Gasteiger charge is -2.37. The third-order valence-electron chi connectivity index (χ3n) is 4.20. The van der Waals surface area contributed by atoms with E-state index in [1.54, 1.807) is 13.0 Å². The van der Waals surface area contributed by atoms with E-state index in [1.807, 2.05) is 0 Å². The number of carboxylic acid groups (broad SMARTS) is 1. The highest BCUT2D eigenvalue weighted by molar-refractivity contribution is 7.90. The fraction of sp³-hybridized carbons (Fsp3) is 0.500. The largest absolute Gasteiger partial charge is 0.481 e. The van der Waals surface area contributed by atoms with Crippen molar-refractivity contribution in [1.29, 1.82) is 0 Å². The number of aryl methyl sites for hydroxylation is 1. The highest BCUT2D eigenvalue weighted by Crippen LogP contribution is 2.26. The van der Waals surface area contributed by atoms with Crippen molar-refractivity contribution in [2.45, 2.75) is 36.6 Å². The number of aliphatic carboxylic acids is 1. The number of amides is 1. The molecule has 8 heteroatoms. The maximum atomic E-state index is 12.7. The van der Waals surface area contributed by atoms with Crippen molar-refractivity contribution in [2.24, 2.45) is 0 Å². The first-order valence-electron chi connectivity index (χ1n) is 7.56. The van der Waals surface area contributed by atoms with E-state index in [4.69, 9.17) is 9.84 Å². The molecule has 132 valence electrons.